The van der Waals surface area contributed by atoms with Gasteiger partial charge in [-0.15, -0.1) is 23.5 Å². The summed E-state index contributed by atoms with van der Waals surface area (Å²) in [5.41, 5.74) is 0.655. The average molecular weight is 344 g/mol. The first-order chi connectivity index (χ1) is 10.4. The number of carboxylic acid groups (broad SMARTS) is 2. The van der Waals surface area contributed by atoms with Crippen molar-refractivity contribution in [2.24, 2.45) is 22.7 Å². The predicted molar refractivity (Wildman–Crippen MR) is 89.5 cm³/mol. The largest absolute Gasteiger partial charge is 0.481 e. The summed E-state index contributed by atoms with van der Waals surface area (Å²) in [7, 11) is 0. The Kier molecular flexibility index (Phi) is 4.70. The Labute approximate surface area is 139 Å². The summed E-state index contributed by atoms with van der Waals surface area (Å²) in [6.45, 7) is 0. The van der Waals surface area contributed by atoms with Gasteiger partial charge < -0.3 is 10.2 Å². The Morgan fingerprint density at radius 3 is 1.64 bits per heavy atom. The molecule has 0 amide bonds. The van der Waals surface area contributed by atoms with Crippen molar-refractivity contribution in [2.75, 3.05) is 23.0 Å². The van der Waals surface area contributed by atoms with Crippen molar-refractivity contribution in [3.63, 3.8) is 0 Å². The van der Waals surface area contributed by atoms with E-state index in [-0.39, 0.29) is 11.5 Å². The molecule has 0 aromatic carbocycles. The number of aliphatic carboxylic acids is 2. The van der Waals surface area contributed by atoms with E-state index in [4.69, 9.17) is 10.2 Å². The van der Waals surface area contributed by atoms with Crippen LogP contribution in [0.15, 0.2) is 0 Å². The fourth-order valence-electron chi connectivity index (χ4n) is 5.70. The van der Waals surface area contributed by atoms with Gasteiger partial charge in [-0.3, -0.25) is 9.59 Å². The molecule has 4 aliphatic rings. The van der Waals surface area contributed by atoms with E-state index in [0.29, 0.717) is 10.8 Å². The van der Waals surface area contributed by atoms with E-state index in [1.165, 1.54) is 38.5 Å². The molecule has 4 aliphatic carbocycles. The maximum Gasteiger partial charge on any atom is 0.313 e. The van der Waals surface area contributed by atoms with Crippen LogP contribution >= 0.6 is 23.5 Å². The van der Waals surface area contributed by atoms with Gasteiger partial charge in [-0.2, -0.15) is 0 Å². The SMILES string of the molecule is O=C(O)CSCC12CC3CC(C1)CC(CSCC(=O)O)(C3)C2. The zero-order chi connectivity index (χ0) is 15.8. The van der Waals surface area contributed by atoms with Crippen LogP contribution in [0.25, 0.3) is 0 Å². The molecule has 4 fully saturated rings. The zero-order valence-corrected chi connectivity index (χ0v) is 14.4. The molecular formula is C16H24O4S2. The Bertz CT molecular complexity index is 413. The molecular weight excluding hydrogens is 320 g/mol. The summed E-state index contributed by atoms with van der Waals surface area (Å²) in [6.07, 6.45) is 7.59. The van der Waals surface area contributed by atoms with Crippen molar-refractivity contribution in [3.05, 3.63) is 0 Å². The highest BCUT2D eigenvalue weighted by molar-refractivity contribution is 8.00. The van der Waals surface area contributed by atoms with Crippen LogP contribution < -0.4 is 0 Å². The molecule has 0 radical (unpaired) electrons. The van der Waals surface area contributed by atoms with Gasteiger partial charge in [-0.05, 0) is 72.7 Å². The number of hydrogen-bond donors (Lipinski definition) is 2. The van der Waals surface area contributed by atoms with Crippen LogP contribution in [0.2, 0.25) is 0 Å². The van der Waals surface area contributed by atoms with Crippen LogP contribution in [0.4, 0.5) is 0 Å². The van der Waals surface area contributed by atoms with Gasteiger partial charge in [0.05, 0.1) is 11.5 Å². The van der Waals surface area contributed by atoms with Gasteiger partial charge in [0.15, 0.2) is 0 Å². The van der Waals surface area contributed by atoms with E-state index < -0.39 is 11.9 Å². The molecule has 0 aromatic rings. The molecule has 0 spiro atoms. The van der Waals surface area contributed by atoms with E-state index in [1.807, 2.05) is 0 Å². The lowest BCUT2D eigenvalue weighted by atomic mass is 9.45. The topological polar surface area (TPSA) is 74.6 Å². The Morgan fingerprint density at radius 1 is 0.864 bits per heavy atom. The lowest BCUT2D eigenvalue weighted by molar-refractivity contribution is -0.134. The maximum atomic E-state index is 10.8. The van der Waals surface area contributed by atoms with Gasteiger partial charge in [0.1, 0.15) is 0 Å². The molecule has 22 heavy (non-hydrogen) atoms. The van der Waals surface area contributed by atoms with Crippen LogP contribution in [0.1, 0.15) is 38.5 Å². The molecule has 0 atom stereocenters. The van der Waals surface area contributed by atoms with Gasteiger partial charge in [0.2, 0.25) is 0 Å². The van der Waals surface area contributed by atoms with Crippen molar-refractivity contribution in [1.29, 1.82) is 0 Å². The highest BCUT2D eigenvalue weighted by Crippen LogP contribution is 2.66. The summed E-state index contributed by atoms with van der Waals surface area (Å²) in [4.78, 5) is 21.5. The minimum Gasteiger partial charge on any atom is -0.481 e. The van der Waals surface area contributed by atoms with Crippen molar-refractivity contribution >= 4 is 35.5 Å². The van der Waals surface area contributed by atoms with Crippen molar-refractivity contribution in [3.8, 4) is 0 Å². The highest BCUT2D eigenvalue weighted by Gasteiger charge is 2.57. The first-order valence-corrected chi connectivity index (χ1v) is 10.3. The summed E-state index contributed by atoms with van der Waals surface area (Å²) in [5, 5.41) is 17.7. The highest BCUT2D eigenvalue weighted by atomic mass is 32.2. The molecule has 0 aromatic heterocycles. The Balaban J connectivity index is 1.64. The van der Waals surface area contributed by atoms with E-state index in [1.54, 1.807) is 23.5 Å². The Morgan fingerprint density at radius 2 is 1.27 bits per heavy atom. The molecule has 4 saturated carbocycles. The fourth-order valence-corrected chi connectivity index (χ4v) is 7.79. The van der Waals surface area contributed by atoms with Gasteiger partial charge >= 0.3 is 11.9 Å². The zero-order valence-electron chi connectivity index (χ0n) is 12.8. The van der Waals surface area contributed by atoms with Gasteiger partial charge in [-0.25, -0.2) is 0 Å². The fraction of sp³-hybridized carbons (Fsp3) is 0.875. The monoisotopic (exact) mass is 344 g/mol. The molecule has 4 rings (SSSR count). The van der Waals surface area contributed by atoms with Crippen LogP contribution in [0.3, 0.4) is 0 Å². The first kappa shape index (κ1) is 16.5. The standard InChI is InChI=1S/C16H24O4S2/c17-13(18)6-21-9-15-2-11-1-12(4-15)5-16(3-11,8-15)10-22-7-14(19)20/h11-12H,1-10H2,(H,17,18)(H,19,20). The lowest BCUT2D eigenvalue weighted by Crippen LogP contribution is -2.54. The molecule has 4 nitrogen and oxygen atoms in total. The molecule has 6 heteroatoms. The third kappa shape index (κ3) is 3.58. The first-order valence-electron chi connectivity index (χ1n) is 8.00. The lowest BCUT2D eigenvalue weighted by Gasteiger charge is -2.62. The van der Waals surface area contributed by atoms with Crippen LogP contribution in [0.5, 0.6) is 0 Å². The van der Waals surface area contributed by atoms with Crippen LogP contribution in [-0.4, -0.2) is 45.2 Å². The van der Waals surface area contributed by atoms with E-state index in [2.05, 4.69) is 0 Å². The molecule has 4 bridgehead atoms. The van der Waals surface area contributed by atoms with Crippen molar-refractivity contribution in [1.82, 2.24) is 0 Å². The number of thioether (sulfide) groups is 2. The molecule has 0 heterocycles. The summed E-state index contributed by atoms with van der Waals surface area (Å²) < 4.78 is 0. The minimum atomic E-state index is -0.721. The summed E-state index contributed by atoms with van der Waals surface area (Å²) >= 11 is 3.15. The van der Waals surface area contributed by atoms with E-state index in [9.17, 15) is 9.59 Å². The number of carboxylic acids is 2. The van der Waals surface area contributed by atoms with Crippen LogP contribution in [0, 0.1) is 22.7 Å². The molecule has 0 saturated heterocycles. The number of rotatable bonds is 8. The number of hydrogen-bond acceptors (Lipinski definition) is 4. The second kappa shape index (κ2) is 6.27. The minimum absolute atomic E-state index is 0.206. The second-order valence-corrected chi connectivity index (χ2v) is 9.71. The molecule has 124 valence electrons. The molecule has 0 unspecified atom stereocenters. The second-order valence-electron chi connectivity index (χ2n) is 7.73. The van der Waals surface area contributed by atoms with E-state index >= 15 is 0 Å². The Hall–Kier alpha value is -0.360. The van der Waals surface area contributed by atoms with Gasteiger partial charge in [0.25, 0.3) is 0 Å². The maximum absolute atomic E-state index is 10.8. The van der Waals surface area contributed by atoms with Gasteiger partial charge in [0, 0.05) is 0 Å². The van der Waals surface area contributed by atoms with Crippen molar-refractivity contribution in [2.45, 2.75) is 38.5 Å². The predicted octanol–water partition coefficient (Wildman–Crippen LogP) is 3.21. The van der Waals surface area contributed by atoms with Crippen LogP contribution in [-0.2, 0) is 9.59 Å². The van der Waals surface area contributed by atoms with E-state index in [0.717, 1.165) is 23.3 Å². The molecule has 0 aliphatic heterocycles. The third-order valence-electron chi connectivity index (χ3n) is 5.57. The van der Waals surface area contributed by atoms with Crippen molar-refractivity contribution < 1.29 is 19.8 Å². The summed E-state index contributed by atoms with van der Waals surface area (Å²) in [5.74, 6) is 2.49. The summed E-state index contributed by atoms with van der Waals surface area (Å²) in [6, 6.07) is 0. The normalized spacial score (nSPS) is 39.1. The average Bonchev–Trinajstić information content (AvgIpc) is 2.35. The smallest absolute Gasteiger partial charge is 0.313 e. The number of carbonyl (C=O) groups is 2. The van der Waals surface area contributed by atoms with Gasteiger partial charge in [-0.1, -0.05) is 0 Å². The quantitative estimate of drug-likeness (QED) is 0.704. The third-order valence-corrected chi connectivity index (χ3v) is 8.11. The molecule has 2 N–H and O–H groups in total.